The van der Waals surface area contributed by atoms with Gasteiger partial charge in [0.05, 0.1) is 12.6 Å². The molecule has 0 spiro atoms. The average molecular weight is 283 g/mol. The van der Waals surface area contributed by atoms with Crippen LogP contribution >= 0.6 is 0 Å². The van der Waals surface area contributed by atoms with Crippen LogP contribution in [0.15, 0.2) is 0 Å². The standard InChI is InChI=1S/C15H29N3O2/c1-4-6-12-7-5-8-18(10-12)13(19)9-17-15(20)14(16)11(2)3/h11-12,14H,4-10,16H2,1-3H3,(H,17,20)/t12?,14-/m0/s1. The number of carbonyl (C=O) groups is 2. The molecule has 1 fully saturated rings. The van der Waals surface area contributed by atoms with Crippen molar-refractivity contribution in [1.29, 1.82) is 0 Å². The molecule has 1 unspecified atom stereocenters. The summed E-state index contributed by atoms with van der Waals surface area (Å²) in [5, 5.41) is 2.65. The van der Waals surface area contributed by atoms with Crippen LogP contribution in [0.5, 0.6) is 0 Å². The van der Waals surface area contributed by atoms with Gasteiger partial charge in [-0.25, -0.2) is 0 Å². The molecule has 1 saturated heterocycles. The Morgan fingerprint density at radius 2 is 2.10 bits per heavy atom. The summed E-state index contributed by atoms with van der Waals surface area (Å²) in [5.41, 5.74) is 5.75. The largest absolute Gasteiger partial charge is 0.346 e. The molecule has 0 aromatic heterocycles. The molecule has 1 aliphatic heterocycles. The zero-order valence-corrected chi connectivity index (χ0v) is 13.0. The molecule has 0 aliphatic carbocycles. The Morgan fingerprint density at radius 1 is 1.40 bits per heavy atom. The number of rotatable bonds is 6. The normalized spacial score (nSPS) is 20.9. The van der Waals surface area contributed by atoms with Gasteiger partial charge in [-0.1, -0.05) is 27.2 Å². The first-order valence-electron chi connectivity index (χ1n) is 7.76. The Bertz CT molecular complexity index is 329. The van der Waals surface area contributed by atoms with Gasteiger partial charge in [0.15, 0.2) is 0 Å². The number of hydrogen-bond acceptors (Lipinski definition) is 3. The molecule has 0 bridgehead atoms. The van der Waals surface area contributed by atoms with Crippen LogP contribution in [0.4, 0.5) is 0 Å². The third-order valence-electron chi connectivity index (χ3n) is 4.00. The minimum atomic E-state index is -0.544. The second-order valence-electron chi connectivity index (χ2n) is 6.12. The van der Waals surface area contributed by atoms with E-state index in [1.165, 1.54) is 12.8 Å². The maximum Gasteiger partial charge on any atom is 0.241 e. The first-order chi connectivity index (χ1) is 9.45. The summed E-state index contributed by atoms with van der Waals surface area (Å²) in [7, 11) is 0. The minimum absolute atomic E-state index is 0.00936. The Morgan fingerprint density at radius 3 is 2.70 bits per heavy atom. The second-order valence-corrected chi connectivity index (χ2v) is 6.12. The zero-order valence-electron chi connectivity index (χ0n) is 13.0. The van der Waals surface area contributed by atoms with Gasteiger partial charge in [0.1, 0.15) is 0 Å². The number of nitrogens with two attached hydrogens (primary N) is 1. The summed E-state index contributed by atoms with van der Waals surface area (Å²) < 4.78 is 0. The average Bonchev–Trinajstić information content (AvgIpc) is 2.44. The predicted octanol–water partition coefficient (Wildman–Crippen LogP) is 1.12. The lowest BCUT2D eigenvalue weighted by atomic mass is 9.94. The third-order valence-corrected chi connectivity index (χ3v) is 4.00. The summed E-state index contributed by atoms with van der Waals surface area (Å²) in [6, 6.07) is -0.544. The van der Waals surface area contributed by atoms with E-state index in [2.05, 4.69) is 12.2 Å². The summed E-state index contributed by atoms with van der Waals surface area (Å²) in [4.78, 5) is 25.7. The molecule has 1 heterocycles. The molecule has 0 saturated carbocycles. The van der Waals surface area contributed by atoms with Crippen LogP contribution in [0, 0.1) is 11.8 Å². The van der Waals surface area contributed by atoms with Gasteiger partial charge in [0.2, 0.25) is 11.8 Å². The molecule has 3 N–H and O–H groups in total. The second kappa shape index (κ2) is 8.25. The van der Waals surface area contributed by atoms with Gasteiger partial charge >= 0.3 is 0 Å². The maximum absolute atomic E-state index is 12.1. The van der Waals surface area contributed by atoms with Crippen molar-refractivity contribution in [3.05, 3.63) is 0 Å². The third kappa shape index (κ3) is 5.12. The molecule has 1 rings (SSSR count). The van der Waals surface area contributed by atoms with Crippen LogP contribution in [-0.4, -0.2) is 42.4 Å². The molecule has 0 radical (unpaired) electrons. The van der Waals surface area contributed by atoms with Crippen molar-refractivity contribution in [3.63, 3.8) is 0 Å². The summed E-state index contributed by atoms with van der Waals surface area (Å²) in [6.45, 7) is 7.68. The van der Waals surface area contributed by atoms with E-state index in [0.717, 1.165) is 25.9 Å². The zero-order chi connectivity index (χ0) is 15.1. The Hall–Kier alpha value is -1.10. The first-order valence-corrected chi connectivity index (χ1v) is 7.76. The lowest BCUT2D eigenvalue weighted by Crippen LogP contribution is -2.49. The summed E-state index contributed by atoms with van der Waals surface area (Å²) >= 11 is 0. The van der Waals surface area contributed by atoms with Crippen molar-refractivity contribution in [1.82, 2.24) is 10.2 Å². The Balaban J connectivity index is 2.37. The summed E-state index contributed by atoms with van der Waals surface area (Å²) in [6.07, 6.45) is 4.61. The Kier molecular flexibility index (Phi) is 6.99. The van der Waals surface area contributed by atoms with Crippen molar-refractivity contribution >= 4 is 11.8 Å². The number of hydrogen-bond donors (Lipinski definition) is 2. The minimum Gasteiger partial charge on any atom is -0.346 e. The van der Waals surface area contributed by atoms with E-state index in [0.29, 0.717) is 5.92 Å². The maximum atomic E-state index is 12.1. The van der Waals surface area contributed by atoms with Gasteiger partial charge in [0.25, 0.3) is 0 Å². The van der Waals surface area contributed by atoms with E-state index in [4.69, 9.17) is 5.73 Å². The fourth-order valence-corrected chi connectivity index (χ4v) is 2.63. The van der Waals surface area contributed by atoms with Gasteiger partial charge < -0.3 is 16.0 Å². The van der Waals surface area contributed by atoms with Crippen LogP contribution in [0.2, 0.25) is 0 Å². The van der Waals surface area contributed by atoms with E-state index < -0.39 is 6.04 Å². The number of nitrogens with one attached hydrogen (secondary N) is 1. The molecule has 0 aromatic rings. The van der Waals surface area contributed by atoms with Crippen molar-refractivity contribution in [2.45, 2.75) is 52.5 Å². The van der Waals surface area contributed by atoms with E-state index in [9.17, 15) is 9.59 Å². The lowest BCUT2D eigenvalue weighted by molar-refractivity contribution is -0.134. The highest BCUT2D eigenvalue weighted by atomic mass is 16.2. The molecular weight excluding hydrogens is 254 g/mol. The van der Waals surface area contributed by atoms with Crippen LogP contribution in [-0.2, 0) is 9.59 Å². The number of nitrogens with zero attached hydrogens (tertiary/aromatic N) is 1. The lowest BCUT2D eigenvalue weighted by Gasteiger charge is -2.33. The number of likely N-dealkylation sites (tertiary alicyclic amines) is 1. The Labute approximate surface area is 122 Å². The predicted molar refractivity (Wildman–Crippen MR) is 80.0 cm³/mol. The molecule has 20 heavy (non-hydrogen) atoms. The SMILES string of the molecule is CCCC1CCCN(C(=O)CNC(=O)[C@@H](N)C(C)C)C1. The van der Waals surface area contributed by atoms with Gasteiger partial charge in [-0.2, -0.15) is 0 Å². The van der Waals surface area contributed by atoms with Gasteiger partial charge in [-0.3, -0.25) is 9.59 Å². The van der Waals surface area contributed by atoms with Crippen molar-refractivity contribution in [2.75, 3.05) is 19.6 Å². The highest BCUT2D eigenvalue weighted by molar-refractivity contribution is 5.87. The van der Waals surface area contributed by atoms with Crippen molar-refractivity contribution in [3.8, 4) is 0 Å². The highest BCUT2D eigenvalue weighted by Gasteiger charge is 2.24. The molecule has 2 atom stereocenters. The molecule has 5 nitrogen and oxygen atoms in total. The molecule has 5 heteroatoms. The summed E-state index contributed by atoms with van der Waals surface area (Å²) in [5.74, 6) is 0.464. The van der Waals surface area contributed by atoms with E-state index >= 15 is 0 Å². The van der Waals surface area contributed by atoms with Crippen LogP contribution in [0.25, 0.3) is 0 Å². The molecule has 0 aromatic carbocycles. The van der Waals surface area contributed by atoms with E-state index in [1.54, 1.807) is 0 Å². The molecule has 2 amide bonds. The fraction of sp³-hybridized carbons (Fsp3) is 0.867. The van der Waals surface area contributed by atoms with Crippen LogP contribution < -0.4 is 11.1 Å². The van der Waals surface area contributed by atoms with Gasteiger partial charge in [-0.05, 0) is 31.1 Å². The van der Waals surface area contributed by atoms with Crippen molar-refractivity contribution in [2.24, 2.45) is 17.6 Å². The molecule has 116 valence electrons. The number of carbonyl (C=O) groups excluding carboxylic acids is 2. The number of piperidine rings is 1. The van der Waals surface area contributed by atoms with E-state index in [-0.39, 0.29) is 24.3 Å². The van der Waals surface area contributed by atoms with Gasteiger partial charge in [-0.15, -0.1) is 0 Å². The molecule has 1 aliphatic rings. The quantitative estimate of drug-likeness (QED) is 0.767. The molecular formula is C15H29N3O2. The number of amides is 2. The smallest absolute Gasteiger partial charge is 0.241 e. The fourth-order valence-electron chi connectivity index (χ4n) is 2.63. The highest BCUT2D eigenvalue weighted by Crippen LogP contribution is 2.20. The topological polar surface area (TPSA) is 75.4 Å². The van der Waals surface area contributed by atoms with Crippen molar-refractivity contribution < 1.29 is 9.59 Å². The first kappa shape index (κ1) is 17.0. The van der Waals surface area contributed by atoms with Crippen LogP contribution in [0.3, 0.4) is 0 Å². The van der Waals surface area contributed by atoms with Crippen LogP contribution in [0.1, 0.15) is 46.5 Å². The van der Waals surface area contributed by atoms with Gasteiger partial charge in [0, 0.05) is 13.1 Å². The van der Waals surface area contributed by atoms with E-state index in [1.807, 2.05) is 18.7 Å². The monoisotopic (exact) mass is 283 g/mol.